The van der Waals surface area contributed by atoms with E-state index < -0.39 is 17.9 Å². The average molecular weight is 1030 g/mol. The number of anilines is 2. The largest absolute Gasteiger partial charge is 0.415 e. The molecule has 1 saturated heterocycles. The SMILES string of the molecule is C/C(=N\NC(=O)CCOCCOCCOCCOCCNC(=O)CCN1C(=O)C=CC1=O)c1ccc(C(=O)Nc2ccc3[nH]c(C(=O)N4CCc5c4cc(OC(=O)N4CCN(C)CC4)c4ccccc54)cc3c2)cc1. The molecule has 0 spiro atoms. The molecule has 3 aliphatic rings. The second kappa shape index (κ2) is 25.9. The van der Waals surface area contributed by atoms with E-state index in [1.165, 1.54) is 12.2 Å². The van der Waals surface area contributed by atoms with Gasteiger partial charge in [-0.2, -0.15) is 5.10 Å². The molecule has 4 N–H and O–H groups in total. The molecule has 21 nitrogen and oxygen atoms in total. The van der Waals surface area contributed by atoms with Crippen LogP contribution in [-0.4, -0.2) is 173 Å². The highest BCUT2D eigenvalue weighted by Crippen LogP contribution is 2.41. The fourth-order valence-electron chi connectivity index (χ4n) is 8.63. The van der Waals surface area contributed by atoms with Gasteiger partial charge in [0.2, 0.25) is 11.8 Å². The summed E-state index contributed by atoms with van der Waals surface area (Å²) in [6, 6.07) is 23.6. The molecule has 0 aliphatic carbocycles. The normalized spacial score (nSPS) is 14.7. The lowest BCUT2D eigenvalue weighted by molar-refractivity contribution is -0.137. The van der Waals surface area contributed by atoms with E-state index in [-0.39, 0.29) is 56.2 Å². The van der Waals surface area contributed by atoms with E-state index in [9.17, 15) is 33.6 Å². The molecule has 0 bridgehead atoms. The minimum atomic E-state index is -0.418. The summed E-state index contributed by atoms with van der Waals surface area (Å²) in [6.45, 7) is 7.70. The van der Waals surface area contributed by atoms with Crippen LogP contribution in [0.4, 0.5) is 16.2 Å². The number of amides is 7. The lowest BCUT2D eigenvalue weighted by Crippen LogP contribution is -2.48. The number of benzene rings is 4. The predicted octanol–water partition coefficient (Wildman–Crippen LogP) is 4.25. The van der Waals surface area contributed by atoms with Crippen LogP contribution < -0.4 is 25.7 Å². The van der Waals surface area contributed by atoms with Gasteiger partial charge in [-0.15, -0.1) is 0 Å². The van der Waals surface area contributed by atoms with Crippen LogP contribution in [0.25, 0.3) is 21.7 Å². The molecular weight excluding hydrogens is 967 g/mol. The molecule has 21 heteroatoms. The number of rotatable bonds is 24. The van der Waals surface area contributed by atoms with Crippen LogP contribution in [-0.2, 0) is 44.5 Å². The minimum absolute atomic E-state index is 0.0222. The topological polar surface area (TPSA) is 243 Å². The van der Waals surface area contributed by atoms with Gasteiger partial charge in [0.05, 0.1) is 70.7 Å². The summed E-state index contributed by atoms with van der Waals surface area (Å²) < 4.78 is 27.9. The maximum Gasteiger partial charge on any atom is 0.415 e. The lowest BCUT2D eigenvalue weighted by Gasteiger charge is -2.31. The van der Waals surface area contributed by atoms with Gasteiger partial charge in [-0.05, 0) is 73.3 Å². The van der Waals surface area contributed by atoms with Crippen molar-refractivity contribution in [1.82, 2.24) is 30.4 Å². The Morgan fingerprint density at radius 1 is 0.693 bits per heavy atom. The standard InChI is InChI=1S/C54H61N9O12/c1-36(58-59-49(65)17-25-71-27-29-73-31-32-74-30-28-72-26-18-55-48(64)16-20-63-50(66)13-14-51(63)67)37-7-9-38(10-8-37)52(68)56-40-11-12-44-39(33-40)34-45(57-44)53(69)62-19-15-42-41-5-3-4-6-43(41)47(35-46(42)62)75-54(70)61-23-21-60(2)22-24-61/h3-14,33-35,57H,15-32H2,1-2H3,(H,55,64)(H,56,68)(H,59,65)/b58-36+. The van der Waals surface area contributed by atoms with E-state index in [0.29, 0.717) is 112 Å². The quantitative estimate of drug-likeness (QED) is 0.0293. The Balaban J connectivity index is 0.704. The first-order chi connectivity index (χ1) is 36.4. The smallest absolute Gasteiger partial charge is 0.409 e. The zero-order valence-electron chi connectivity index (χ0n) is 42.0. The van der Waals surface area contributed by atoms with Gasteiger partial charge >= 0.3 is 6.09 Å². The van der Waals surface area contributed by atoms with Crippen molar-refractivity contribution in [3.8, 4) is 5.75 Å². The van der Waals surface area contributed by atoms with E-state index in [1.807, 2.05) is 37.4 Å². The van der Waals surface area contributed by atoms with Gasteiger partial charge in [-0.25, -0.2) is 10.2 Å². The van der Waals surface area contributed by atoms with Crippen LogP contribution in [0.1, 0.15) is 51.7 Å². The third-order valence-corrected chi connectivity index (χ3v) is 12.8. The number of hydrazone groups is 1. The zero-order chi connectivity index (χ0) is 52.7. The summed E-state index contributed by atoms with van der Waals surface area (Å²) in [7, 11) is 2.03. The molecule has 7 amide bonds. The van der Waals surface area contributed by atoms with Crippen molar-refractivity contribution in [2.24, 2.45) is 5.10 Å². The number of imide groups is 1. The van der Waals surface area contributed by atoms with Gasteiger partial charge in [0.15, 0.2) is 0 Å². The van der Waals surface area contributed by atoms with Gasteiger partial charge in [0.1, 0.15) is 11.4 Å². The highest BCUT2D eigenvalue weighted by atomic mass is 16.6. The van der Waals surface area contributed by atoms with Crippen molar-refractivity contribution in [3.05, 3.63) is 113 Å². The number of hydrogen-bond acceptors (Lipinski definition) is 14. The minimum Gasteiger partial charge on any atom is -0.409 e. The number of carbonyl (C=O) groups excluding carboxylic acids is 7. The Morgan fingerprint density at radius 3 is 2.05 bits per heavy atom. The van der Waals surface area contributed by atoms with Crippen molar-refractivity contribution >= 4 is 80.3 Å². The molecule has 4 heterocycles. The third-order valence-electron chi connectivity index (χ3n) is 12.8. The fourth-order valence-corrected chi connectivity index (χ4v) is 8.63. The number of H-pyrrole nitrogens is 1. The first kappa shape index (κ1) is 53.5. The van der Waals surface area contributed by atoms with Gasteiger partial charge in [-0.3, -0.25) is 33.7 Å². The molecule has 3 aliphatic heterocycles. The number of aromatic amines is 1. The fraction of sp³-hybridized carbons (Fsp3) is 0.370. The molecular formula is C54H61N9O12. The highest BCUT2D eigenvalue weighted by Gasteiger charge is 2.31. The van der Waals surface area contributed by atoms with Crippen LogP contribution in [0.2, 0.25) is 0 Å². The molecule has 0 atom stereocenters. The lowest BCUT2D eigenvalue weighted by atomic mass is 10.0. The Morgan fingerprint density at radius 2 is 1.35 bits per heavy atom. The number of hydrogen-bond donors (Lipinski definition) is 4. The molecule has 75 heavy (non-hydrogen) atoms. The van der Waals surface area contributed by atoms with Crippen molar-refractivity contribution in [1.29, 1.82) is 0 Å². The summed E-state index contributed by atoms with van der Waals surface area (Å²) in [5.41, 5.74) is 7.59. The summed E-state index contributed by atoms with van der Waals surface area (Å²) in [4.78, 5) is 97.9. The van der Waals surface area contributed by atoms with Crippen molar-refractivity contribution in [2.75, 3.05) is 116 Å². The maximum atomic E-state index is 14.1. The van der Waals surface area contributed by atoms with Gasteiger partial charge in [-0.1, -0.05) is 36.4 Å². The number of carbonyl (C=O) groups is 7. The summed E-state index contributed by atoms with van der Waals surface area (Å²) >= 11 is 0. The first-order valence-corrected chi connectivity index (χ1v) is 24.9. The number of likely N-dealkylation sites (N-methyl/N-ethyl adjacent to an activating group) is 1. The highest BCUT2D eigenvalue weighted by molar-refractivity contribution is 6.13. The van der Waals surface area contributed by atoms with Crippen LogP contribution >= 0.6 is 0 Å². The molecule has 0 unspecified atom stereocenters. The average Bonchev–Trinajstić information content (AvgIpc) is 4.14. The summed E-state index contributed by atoms with van der Waals surface area (Å²) in [6.07, 6.45) is 2.72. The molecule has 8 rings (SSSR count). The Kier molecular flexibility index (Phi) is 18.5. The molecule has 0 radical (unpaired) electrons. The summed E-state index contributed by atoms with van der Waals surface area (Å²) in [5, 5.41) is 12.3. The van der Waals surface area contributed by atoms with Gasteiger partial charge < -0.3 is 54.0 Å². The van der Waals surface area contributed by atoms with Crippen molar-refractivity contribution < 1.29 is 57.2 Å². The van der Waals surface area contributed by atoms with Crippen molar-refractivity contribution in [2.45, 2.75) is 26.2 Å². The molecule has 394 valence electrons. The second-order valence-corrected chi connectivity index (χ2v) is 18.0. The number of ether oxygens (including phenoxy) is 5. The van der Waals surface area contributed by atoms with Crippen LogP contribution in [0.15, 0.2) is 96.1 Å². The second-order valence-electron chi connectivity index (χ2n) is 18.0. The number of piperazine rings is 1. The molecule has 4 aromatic carbocycles. The Bertz CT molecular complexity index is 2950. The van der Waals surface area contributed by atoms with Crippen LogP contribution in [0.5, 0.6) is 5.75 Å². The van der Waals surface area contributed by atoms with Gasteiger partial charge in [0.25, 0.3) is 23.6 Å². The maximum absolute atomic E-state index is 14.1. The van der Waals surface area contributed by atoms with E-state index in [1.54, 1.807) is 65.3 Å². The molecule has 1 fully saturated rings. The number of fused-ring (bicyclic) bond motifs is 4. The number of nitrogens with zero attached hydrogens (tertiary/aromatic N) is 5. The van der Waals surface area contributed by atoms with Crippen LogP contribution in [0.3, 0.4) is 0 Å². The van der Waals surface area contributed by atoms with E-state index in [4.69, 9.17) is 23.7 Å². The molecule has 1 aromatic heterocycles. The number of nitrogens with one attached hydrogen (secondary N) is 4. The van der Waals surface area contributed by atoms with Crippen LogP contribution in [0, 0.1) is 0 Å². The molecule has 0 saturated carbocycles. The summed E-state index contributed by atoms with van der Waals surface area (Å²) in [5.74, 6) is -1.58. The Hall–Kier alpha value is -7.82. The van der Waals surface area contributed by atoms with Gasteiger partial charge in [0, 0.05) is 98.0 Å². The zero-order valence-corrected chi connectivity index (χ0v) is 42.0. The van der Waals surface area contributed by atoms with E-state index >= 15 is 0 Å². The Labute approximate surface area is 433 Å². The number of aromatic nitrogens is 1. The first-order valence-electron chi connectivity index (χ1n) is 24.9. The predicted molar refractivity (Wildman–Crippen MR) is 279 cm³/mol. The molecule has 5 aromatic rings. The van der Waals surface area contributed by atoms with E-state index in [0.717, 1.165) is 45.2 Å². The third kappa shape index (κ3) is 14.3. The van der Waals surface area contributed by atoms with Crippen molar-refractivity contribution in [3.63, 3.8) is 0 Å². The monoisotopic (exact) mass is 1030 g/mol. The van der Waals surface area contributed by atoms with E-state index in [2.05, 4.69) is 31.0 Å².